The van der Waals surface area contributed by atoms with Gasteiger partial charge in [-0.3, -0.25) is 4.79 Å². The van der Waals surface area contributed by atoms with Gasteiger partial charge in [0, 0.05) is 6.07 Å². The van der Waals surface area contributed by atoms with Gasteiger partial charge in [-0.15, -0.1) is 0 Å². The first-order valence-corrected chi connectivity index (χ1v) is 7.66. The molecule has 2 aromatic rings. The minimum absolute atomic E-state index is 0.0570. The molecule has 25 heavy (non-hydrogen) atoms. The molecule has 0 aliphatic carbocycles. The zero-order valence-electron chi connectivity index (χ0n) is 12.9. The second-order valence-electron chi connectivity index (χ2n) is 4.71. The number of hydrogen-bond acceptors (Lipinski definition) is 5. The van der Waals surface area contributed by atoms with Crippen molar-refractivity contribution in [3.63, 3.8) is 0 Å². The van der Waals surface area contributed by atoms with Gasteiger partial charge in [0.2, 0.25) is 0 Å². The standard InChI is InChI=1S/C16H13BrF2N2O4/c1-24-14-5-9(4-11(17)16(14)23)7-20-21-15(22)8-25-13-3-2-10(18)6-12(13)19/h2-7,23H,8H2,1H3,(H,21,22)/b20-7+. The maximum absolute atomic E-state index is 13.4. The molecule has 2 aromatic carbocycles. The molecule has 0 saturated heterocycles. The van der Waals surface area contributed by atoms with E-state index in [0.29, 0.717) is 16.1 Å². The fourth-order valence-electron chi connectivity index (χ4n) is 1.77. The van der Waals surface area contributed by atoms with Crippen LogP contribution in [0.4, 0.5) is 8.78 Å². The number of nitrogens with one attached hydrogen (secondary N) is 1. The Kier molecular flexibility index (Phi) is 6.29. The molecule has 132 valence electrons. The zero-order valence-corrected chi connectivity index (χ0v) is 14.5. The molecule has 0 atom stereocenters. The first-order valence-electron chi connectivity index (χ1n) is 6.87. The normalized spacial score (nSPS) is 10.7. The Hall–Kier alpha value is -2.68. The van der Waals surface area contributed by atoms with Gasteiger partial charge >= 0.3 is 0 Å². The smallest absolute Gasteiger partial charge is 0.277 e. The third kappa shape index (κ3) is 5.15. The van der Waals surface area contributed by atoms with Crippen molar-refractivity contribution in [2.75, 3.05) is 13.7 Å². The van der Waals surface area contributed by atoms with Crippen molar-refractivity contribution in [2.45, 2.75) is 0 Å². The van der Waals surface area contributed by atoms with Crippen LogP contribution in [0.2, 0.25) is 0 Å². The van der Waals surface area contributed by atoms with Crippen LogP contribution in [0.15, 0.2) is 39.9 Å². The number of ether oxygens (including phenoxy) is 2. The molecule has 2 N–H and O–H groups in total. The van der Waals surface area contributed by atoms with E-state index in [-0.39, 0.29) is 17.2 Å². The van der Waals surface area contributed by atoms with E-state index >= 15 is 0 Å². The molecule has 0 fully saturated rings. The number of phenolic OH excluding ortho intramolecular Hbond substituents is 1. The number of nitrogens with zero attached hydrogens (tertiary/aromatic N) is 1. The Labute approximate surface area is 150 Å². The molecular formula is C16H13BrF2N2O4. The molecule has 0 saturated carbocycles. The molecule has 0 aliphatic heterocycles. The summed E-state index contributed by atoms with van der Waals surface area (Å²) < 4.78 is 36.4. The van der Waals surface area contributed by atoms with Crippen molar-refractivity contribution < 1.29 is 28.2 Å². The van der Waals surface area contributed by atoms with Crippen LogP contribution in [0.5, 0.6) is 17.2 Å². The van der Waals surface area contributed by atoms with Crippen molar-refractivity contribution in [1.29, 1.82) is 0 Å². The van der Waals surface area contributed by atoms with Crippen LogP contribution in [0, 0.1) is 11.6 Å². The summed E-state index contributed by atoms with van der Waals surface area (Å²) in [6, 6.07) is 5.84. The number of halogens is 3. The van der Waals surface area contributed by atoms with E-state index in [1.54, 1.807) is 6.07 Å². The Morgan fingerprint density at radius 3 is 2.76 bits per heavy atom. The summed E-state index contributed by atoms with van der Waals surface area (Å²) in [6.07, 6.45) is 1.32. The van der Waals surface area contributed by atoms with Gasteiger partial charge < -0.3 is 14.6 Å². The van der Waals surface area contributed by atoms with Gasteiger partial charge in [-0.1, -0.05) is 0 Å². The highest BCUT2D eigenvalue weighted by molar-refractivity contribution is 9.10. The summed E-state index contributed by atoms with van der Waals surface area (Å²) in [5, 5.41) is 13.4. The first kappa shape index (κ1) is 18.7. The van der Waals surface area contributed by atoms with Gasteiger partial charge in [0.1, 0.15) is 5.82 Å². The molecule has 0 aromatic heterocycles. The van der Waals surface area contributed by atoms with Crippen LogP contribution in [0.25, 0.3) is 0 Å². The number of amides is 1. The van der Waals surface area contributed by atoms with E-state index < -0.39 is 24.1 Å². The van der Waals surface area contributed by atoms with E-state index in [0.717, 1.165) is 12.1 Å². The molecule has 0 spiro atoms. The highest BCUT2D eigenvalue weighted by atomic mass is 79.9. The largest absolute Gasteiger partial charge is 0.503 e. The van der Waals surface area contributed by atoms with E-state index in [9.17, 15) is 18.7 Å². The van der Waals surface area contributed by atoms with E-state index in [1.807, 2.05) is 0 Å². The number of benzene rings is 2. The molecule has 0 heterocycles. The van der Waals surface area contributed by atoms with Gasteiger partial charge in [0.15, 0.2) is 29.7 Å². The van der Waals surface area contributed by atoms with Crippen LogP contribution in [0.3, 0.4) is 0 Å². The lowest BCUT2D eigenvalue weighted by Gasteiger charge is -2.07. The maximum Gasteiger partial charge on any atom is 0.277 e. The minimum Gasteiger partial charge on any atom is -0.503 e. The second kappa shape index (κ2) is 8.43. The lowest BCUT2D eigenvalue weighted by atomic mass is 10.2. The molecule has 1 amide bonds. The summed E-state index contributed by atoms with van der Waals surface area (Å²) >= 11 is 3.16. The number of rotatable bonds is 6. The summed E-state index contributed by atoms with van der Waals surface area (Å²) in [6.45, 7) is -0.498. The number of hydrogen-bond donors (Lipinski definition) is 2. The molecule has 0 bridgehead atoms. The summed E-state index contributed by atoms with van der Waals surface area (Å²) in [5.41, 5.74) is 2.74. The Morgan fingerprint density at radius 2 is 2.08 bits per heavy atom. The van der Waals surface area contributed by atoms with Gasteiger partial charge in [0.05, 0.1) is 17.8 Å². The van der Waals surface area contributed by atoms with E-state index in [1.165, 1.54) is 19.4 Å². The summed E-state index contributed by atoms with van der Waals surface area (Å²) in [5.74, 6) is -2.35. The SMILES string of the molecule is COc1cc(/C=N/NC(=O)COc2ccc(F)cc2F)cc(Br)c1O. The molecule has 2 rings (SSSR count). The number of hydrazone groups is 1. The number of carbonyl (C=O) groups excluding carboxylic acids is 1. The van der Waals surface area contributed by atoms with Gasteiger partial charge in [-0.2, -0.15) is 5.10 Å². The van der Waals surface area contributed by atoms with Crippen LogP contribution in [0.1, 0.15) is 5.56 Å². The average molecular weight is 415 g/mol. The highest BCUT2D eigenvalue weighted by Gasteiger charge is 2.09. The summed E-state index contributed by atoms with van der Waals surface area (Å²) in [7, 11) is 1.40. The topological polar surface area (TPSA) is 80.2 Å². The van der Waals surface area contributed by atoms with E-state index in [2.05, 4.69) is 26.5 Å². The number of methoxy groups -OCH3 is 1. The predicted octanol–water partition coefficient (Wildman–Crippen LogP) is 2.97. The molecular weight excluding hydrogens is 402 g/mol. The van der Waals surface area contributed by atoms with Crippen LogP contribution in [-0.4, -0.2) is 30.9 Å². The lowest BCUT2D eigenvalue weighted by molar-refractivity contribution is -0.123. The number of phenols is 1. The van der Waals surface area contributed by atoms with Crippen LogP contribution in [-0.2, 0) is 4.79 Å². The second-order valence-corrected chi connectivity index (χ2v) is 5.56. The molecule has 0 radical (unpaired) electrons. The average Bonchev–Trinajstić information content (AvgIpc) is 2.57. The van der Waals surface area contributed by atoms with Crippen molar-refractivity contribution >= 4 is 28.1 Å². The third-order valence-corrected chi connectivity index (χ3v) is 3.53. The van der Waals surface area contributed by atoms with Crippen LogP contribution >= 0.6 is 15.9 Å². The van der Waals surface area contributed by atoms with Crippen molar-refractivity contribution in [1.82, 2.24) is 5.43 Å². The number of aromatic hydroxyl groups is 1. The monoisotopic (exact) mass is 414 g/mol. The van der Waals surface area contributed by atoms with Crippen molar-refractivity contribution in [3.05, 3.63) is 52.0 Å². The third-order valence-electron chi connectivity index (χ3n) is 2.93. The van der Waals surface area contributed by atoms with Crippen LogP contribution < -0.4 is 14.9 Å². The lowest BCUT2D eigenvalue weighted by Crippen LogP contribution is -2.24. The molecule has 6 nitrogen and oxygen atoms in total. The predicted molar refractivity (Wildman–Crippen MR) is 89.9 cm³/mol. The van der Waals surface area contributed by atoms with Gasteiger partial charge in [-0.05, 0) is 45.8 Å². The Morgan fingerprint density at radius 1 is 1.32 bits per heavy atom. The minimum atomic E-state index is -0.905. The fourth-order valence-corrected chi connectivity index (χ4v) is 2.23. The van der Waals surface area contributed by atoms with Crippen molar-refractivity contribution in [3.8, 4) is 17.2 Å². The Balaban J connectivity index is 1.91. The van der Waals surface area contributed by atoms with Gasteiger partial charge in [0.25, 0.3) is 5.91 Å². The summed E-state index contributed by atoms with van der Waals surface area (Å²) in [4.78, 5) is 11.6. The fraction of sp³-hybridized carbons (Fsp3) is 0.125. The van der Waals surface area contributed by atoms with Crippen molar-refractivity contribution in [2.24, 2.45) is 5.10 Å². The molecule has 9 heteroatoms. The quantitative estimate of drug-likeness (QED) is 0.562. The number of carbonyl (C=O) groups is 1. The molecule has 0 aliphatic rings. The van der Waals surface area contributed by atoms with Gasteiger partial charge in [-0.25, -0.2) is 14.2 Å². The Bertz CT molecular complexity index is 815. The molecule has 0 unspecified atom stereocenters. The maximum atomic E-state index is 13.4. The first-order chi connectivity index (χ1) is 11.9. The van der Waals surface area contributed by atoms with E-state index in [4.69, 9.17) is 9.47 Å². The highest BCUT2D eigenvalue weighted by Crippen LogP contribution is 2.34. The zero-order chi connectivity index (χ0) is 18.4.